The fourth-order valence-electron chi connectivity index (χ4n) is 3.93. The van der Waals surface area contributed by atoms with E-state index in [0.717, 1.165) is 55.1 Å². The van der Waals surface area contributed by atoms with Crippen molar-refractivity contribution in [1.29, 1.82) is 0 Å². The molecule has 5 rings (SSSR count). The number of H-pyrrole nitrogens is 2. The Balaban J connectivity index is 1.73. The van der Waals surface area contributed by atoms with Crippen LogP contribution in [0.5, 0.6) is 0 Å². The maximum absolute atomic E-state index is 12.2. The van der Waals surface area contributed by atoms with E-state index >= 15 is 0 Å². The standard InChI is InChI=1S/C19H19N5O2/c1-10-7-8-24(10)19-20-15-4-2-3-13(15)16(21-19)11-5-6-12-14(9-11)18(26)23-22-17(12)25/h5-6,9-10H,2-4,7-8H2,1H3,(H,22,25)(H,23,26)/t10-/m0/s1. The molecule has 7 heteroatoms. The highest BCUT2D eigenvalue weighted by Crippen LogP contribution is 2.34. The molecule has 3 aromatic rings. The van der Waals surface area contributed by atoms with Crippen molar-refractivity contribution in [2.24, 2.45) is 0 Å². The monoisotopic (exact) mass is 349 g/mol. The Morgan fingerprint density at radius 3 is 2.62 bits per heavy atom. The molecule has 0 radical (unpaired) electrons. The van der Waals surface area contributed by atoms with E-state index in [-0.39, 0.29) is 11.1 Å². The van der Waals surface area contributed by atoms with Crippen LogP contribution >= 0.6 is 0 Å². The van der Waals surface area contributed by atoms with Gasteiger partial charge in [0.25, 0.3) is 11.1 Å². The molecular weight excluding hydrogens is 330 g/mol. The summed E-state index contributed by atoms with van der Waals surface area (Å²) in [4.78, 5) is 36.0. The third kappa shape index (κ3) is 2.20. The molecule has 1 aliphatic carbocycles. The van der Waals surface area contributed by atoms with Crippen LogP contribution in [0.25, 0.3) is 22.0 Å². The number of hydrogen-bond donors (Lipinski definition) is 2. The lowest BCUT2D eigenvalue weighted by Gasteiger charge is -2.39. The topological polar surface area (TPSA) is 94.7 Å². The zero-order valence-electron chi connectivity index (χ0n) is 14.5. The van der Waals surface area contributed by atoms with E-state index in [4.69, 9.17) is 9.97 Å². The van der Waals surface area contributed by atoms with Crippen molar-refractivity contribution < 1.29 is 0 Å². The average Bonchev–Trinajstić information content (AvgIpc) is 3.11. The predicted molar refractivity (Wildman–Crippen MR) is 99.7 cm³/mol. The fourth-order valence-corrected chi connectivity index (χ4v) is 3.93. The van der Waals surface area contributed by atoms with Crippen molar-refractivity contribution in [2.45, 2.75) is 38.6 Å². The zero-order chi connectivity index (χ0) is 17.8. The van der Waals surface area contributed by atoms with Crippen molar-refractivity contribution >= 4 is 16.7 Å². The first-order valence-electron chi connectivity index (χ1n) is 9.03. The summed E-state index contributed by atoms with van der Waals surface area (Å²) >= 11 is 0. The number of nitrogens with zero attached hydrogens (tertiary/aromatic N) is 3. The van der Waals surface area contributed by atoms with Gasteiger partial charge in [0.2, 0.25) is 5.95 Å². The van der Waals surface area contributed by atoms with Gasteiger partial charge >= 0.3 is 0 Å². The molecule has 1 saturated heterocycles. The number of rotatable bonds is 2. The maximum Gasteiger partial charge on any atom is 0.270 e. The van der Waals surface area contributed by atoms with Crippen LogP contribution in [-0.2, 0) is 12.8 Å². The van der Waals surface area contributed by atoms with Gasteiger partial charge in [0, 0.05) is 29.4 Å². The summed E-state index contributed by atoms with van der Waals surface area (Å²) in [5.74, 6) is 0.777. The van der Waals surface area contributed by atoms with Crippen LogP contribution < -0.4 is 16.0 Å². The molecule has 26 heavy (non-hydrogen) atoms. The number of nitrogens with one attached hydrogen (secondary N) is 2. The van der Waals surface area contributed by atoms with Crippen LogP contribution in [0.1, 0.15) is 31.0 Å². The minimum atomic E-state index is -0.302. The number of anilines is 1. The lowest BCUT2D eigenvalue weighted by Crippen LogP contribution is -2.46. The fraction of sp³-hybridized carbons (Fsp3) is 0.368. The normalized spacial score (nSPS) is 18.8. The van der Waals surface area contributed by atoms with Gasteiger partial charge in [-0.15, -0.1) is 0 Å². The van der Waals surface area contributed by atoms with E-state index in [1.807, 2.05) is 6.07 Å². The molecule has 1 fully saturated rings. The molecule has 7 nitrogen and oxygen atoms in total. The number of aromatic amines is 2. The van der Waals surface area contributed by atoms with E-state index in [1.165, 1.54) is 5.56 Å². The molecule has 3 heterocycles. The second-order valence-corrected chi connectivity index (χ2v) is 7.15. The Kier molecular flexibility index (Phi) is 3.25. The first kappa shape index (κ1) is 15.3. The van der Waals surface area contributed by atoms with Gasteiger partial charge in [-0.1, -0.05) is 6.07 Å². The minimum Gasteiger partial charge on any atom is -0.338 e. The maximum atomic E-state index is 12.2. The summed E-state index contributed by atoms with van der Waals surface area (Å²) in [6, 6.07) is 5.81. The van der Waals surface area contributed by atoms with Gasteiger partial charge in [0.05, 0.1) is 16.5 Å². The van der Waals surface area contributed by atoms with Gasteiger partial charge in [0.15, 0.2) is 0 Å². The van der Waals surface area contributed by atoms with Crippen LogP contribution in [0, 0.1) is 0 Å². The van der Waals surface area contributed by atoms with Crippen molar-refractivity contribution in [3.05, 3.63) is 50.2 Å². The van der Waals surface area contributed by atoms with Gasteiger partial charge in [-0.3, -0.25) is 19.8 Å². The third-order valence-corrected chi connectivity index (χ3v) is 5.57. The summed E-state index contributed by atoms with van der Waals surface area (Å²) in [6.07, 6.45) is 4.14. The van der Waals surface area contributed by atoms with Crippen LogP contribution in [-0.4, -0.2) is 32.8 Å². The summed E-state index contributed by atoms with van der Waals surface area (Å²) < 4.78 is 0. The van der Waals surface area contributed by atoms with Gasteiger partial charge in [-0.2, -0.15) is 0 Å². The highest BCUT2D eigenvalue weighted by molar-refractivity contribution is 5.86. The molecule has 0 unspecified atom stereocenters. The smallest absolute Gasteiger partial charge is 0.270 e. The lowest BCUT2D eigenvalue weighted by atomic mass is 10.0. The SMILES string of the molecule is C[C@H]1CCN1c1nc2c(c(-c3ccc4c(=O)[nH][nH]c(=O)c4c3)n1)CCC2. The second-order valence-electron chi connectivity index (χ2n) is 7.15. The molecule has 1 atom stereocenters. The molecule has 0 bridgehead atoms. The van der Waals surface area contributed by atoms with Gasteiger partial charge in [-0.25, -0.2) is 9.97 Å². The Morgan fingerprint density at radius 1 is 1.08 bits per heavy atom. The van der Waals surface area contributed by atoms with Crippen LogP contribution in [0.15, 0.2) is 27.8 Å². The molecule has 2 N–H and O–H groups in total. The van der Waals surface area contributed by atoms with E-state index in [1.54, 1.807) is 12.1 Å². The number of hydrogen-bond acceptors (Lipinski definition) is 5. The Labute approximate surface area is 149 Å². The van der Waals surface area contributed by atoms with Crippen molar-refractivity contribution in [1.82, 2.24) is 20.2 Å². The summed E-state index contributed by atoms with van der Waals surface area (Å²) in [5, 5.41) is 5.53. The minimum absolute atomic E-state index is 0.297. The van der Waals surface area contributed by atoms with Gasteiger partial charge < -0.3 is 4.90 Å². The van der Waals surface area contributed by atoms with Crippen LogP contribution in [0.4, 0.5) is 5.95 Å². The Hall–Kier alpha value is -2.96. The Bertz CT molecular complexity index is 1150. The van der Waals surface area contributed by atoms with Gasteiger partial charge in [-0.05, 0) is 44.7 Å². The average molecular weight is 349 g/mol. The molecule has 0 saturated carbocycles. The summed E-state index contributed by atoms with van der Waals surface area (Å²) in [5.41, 5.74) is 3.44. The van der Waals surface area contributed by atoms with E-state index < -0.39 is 0 Å². The third-order valence-electron chi connectivity index (χ3n) is 5.57. The lowest BCUT2D eigenvalue weighted by molar-refractivity contribution is 0.470. The molecule has 132 valence electrons. The Morgan fingerprint density at radius 2 is 1.88 bits per heavy atom. The zero-order valence-corrected chi connectivity index (χ0v) is 14.5. The van der Waals surface area contributed by atoms with Crippen molar-refractivity contribution in [3.63, 3.8) is 0 Å². The van der Waals surface area contributed by atoms with Crippen molar-refractivity contribution in [3.8, 4) is 11.3 Å². The van der Waals surface area contributed by atoms with Gasteiger partial charge in [0.1, 0.15) is 0 Å². The number of benzene rings is 1. The van der Waals surface area contributed by atoms with Crippen LogP contribution in [0.2, 0.25) is 0 Å². The largest absolute Gasteiger partial charge is 0.338 e. The molecule has 2 aliphatic rings. The van der Waals surface area contributed by atoms with E-state index in [0.29, 0.717) is 16.8 Å². The first-order chi connectivity index (χ1) is 12.6. The number of aromatic nitrogens is 4. The molecule has 0 spiro atoms. The van der Waals surface area contributed by atoms with E-state index in [2.05, 4.69) is 22.0 Å². The highest BCUT2D eigenvalue weighted by atomic mass is 16.1. The molecule has 1 aromatic carbocycles. The summed E-state index contributed by atoms with van der Waals surface area (Å²) in [7, 11) is 0. The van der Waals surface area contributed by atoms with Crippen LogP contribution in [0.3, 0.4) is 0 Å². The quantitative estimate of drug-likeness (QED) is 0.735. The second kappa shape index (κ2) is 5.52. The predicted octanol–water partition coefficient (Wildman–Crippen LogP) is 1.76. The van der Waals surface area contributed by atoms with E-state index in [9.17, 15) is 9.59 Å². The van der Waals surface area contributed by atoms with Crippen molar-refractivity contribution in [2.75, 3.05) is 11.4 Å². The highest BCUT2D eigenvalue weighted by Gasteiger charge is 2.29. The number of aryl methyl sites for hydroxylation is 1. The molecule has 0 amide bonds. The summed E-state index contributed by atoms with van der Waals surface area (Å²) in [6.45, 7) is 3.16. The molecule has 1 aliphatic heterocycles. The first-order valence-corrected chi connectivity index (χ1v) is 9.03. The molecule has 2 aromatic heterocycles. The number of fused-ring (bicyclic) bond motifs is 2. The molecular formula is C19H19N5O2.